The maximum Gasteiger partial charge on any atom is 0.282 e. The fourth-order valence-corrected chi connectivity index (χ4v) is 5.42. The number of hydrogen-bond donors (Lipinski definition) is 2. The first-order valence-electron chi connectivity index (χ1n) is 8.27. The van der Waals surface area contributed by atoms with Crippen LogP contribution >= 0.6 is 11.6 Å². The third-order valence-corrected chi connectivity index (χ3v) is 7.73. The molecule has 0 heterocycles. The number of nitrogens with one attached hydrogen (secondary N) is 1. The van der Waals surface area contributed by atoms with Gasteiger partial charge in [0.15, 0.2) is 5.78 Å². The van der Waals surface area contributed by atoms with E-state index in [1.54, 1.807) is 6.07 Å². The van der Waals surface area contributed by atoms with Crippen molar-refractivity contribution in [2.75, 3.05) is 0 Å². The van der Waals surface area contributed by atoms with Crippen LogP contribution < -0.4 is 4.72 Å². The number of halogens is 1. The van der Waals surface area contributed by atoms with Crippen LogP contribution in [-0.4, -0.2) is 37.1 Å². The van der Waals surface area contributed by atoms with E-state index in [4.69, 9.17) is 16.2 Å². The highest BCUT2D eigenvalue weighted by Crippen LogP contribution is 2.26. The van der Waals surface area contributed by atoms with Crippen LogP contribution in [0.25, 0.3) is 0 Å². The molecule has 0 radical (unpaired) electrons. The van der Waals surface area contributed by atoms with E-state index in [1.807, 2.05) is 0 Å². The lowest BCUT2D eigenvalue weighted by Gasteiger charge is -2.17. The van der Waals surface area contributed by atoms with Gasteiger partial charge in [-0.1, -0.05) is 29.8 Å². The smallest absolute Gasteiger partial charge is 0.282 e. The Hall–Kier alpha value is -2.64. The van der Waals surface area contributed by atoms with E-state index in [1.165, 1.54) is 48.5 Å². The standard InChI is InChI=1S/C18H13ClN2O7S3/c19-12-6-8-13(9-7-12)30(25,26)18-11-15(20-29(23)24)16(10-17(18)22)21-31(27,28)14-4-2-1-3-5-14/h1-11,21H,(H,23,24)/b20-15-. The Kier molecular flexibility index (Phi) is 6.57. The number of carbonyl (C=O) groups excluding carboxylic acids is 1. The minimum Gasteiger partial charge on any atom is -0.288 e. The highest BCUT2D eigenvalue weighted by molar-refractivity contribution is 7.96. The van der Waals surface area contributed by atoms with E-state index >= 15 is 0 Å². The van der Waals surface area contributed by atoms with Gasteiger partial charge < -0.3 is 0 Å². The lowest BCUT2D eigenvalue weighted by molar-refractivity contribution is -0.110. The van der Waals surface area contributed by atoms with E-state index in [9.17, 15) is 25.8 Å². The van der Waals surface area contributed by atoms with Crippen LogP contribution in [0.15, 0.2) is 91.5 Å². The van der Waals surface area contributed by atoms with Gasteiger partial charge in [-0.2, -0.15) is 4.40 Å². The topological polar surface area (TPSA) is 147 Å². The summed E-state index contributed by atoms with van der Waals surface area (Å²) in [6.07, 6.45) is 1.43. The monoisotopic (exact) mass is 500 g/mol. The number of sulfone groups is 1. The molecular formula is C18H13ClN2O7S3. The molecule has 1 atom stereocenters. The van der Waals surface area contributed by atoms with Crippen molar-refractivity contribution in [2.45, 2.75) is 9.79 Å². The molecule has 162 valence electrons. The van der Waals surface area contributed by atoms with E-state index in [0.717, 1.165) is 6.08 Å². The number of ketones is 1. The van der Waals surface area contributed by atoms with Crippen LogP contribution in [-0.2, 0) is 35.9 Å². The third kappa shape index (κ3) is 5.17. The molecule has 9 nitrogen and oxygen atoms in total. The van der Waals surface area contributed by atoms with Crippen LogP contribution in [0.5, 0.6) is 0 Å². The molecule has 0 bridgehead atoms. The second-order valence-corrected chi connectivity index (χ2v) is 10.7. The summed E-state index contributed by atoms with van der Waals surface area (Å²) in [4.78, 5) is 11.4. The van der Waals surface area contributed by atoms with Gasteiger partial charge in [-0.15, -0.1) is 0 Å². The van der Waals surface area contributed by atoms with E-state index in [-0.39, 0.29) is 14.8 Å². The SMILES string of the molecule is O=C1C=C(NS(=O)(=O)c2ccccc2)/C(=N\S(=O)O)C=C1S(=O)(=O)c1ccc(Cl)cc1. The largest absolute Gasteiger partial charge is 0.288 e. The highest BCUT2D eigenvalue weighted by Gasteiger charge is 2.32. The van der Waals surface area contributed by atoms with Gasteiger partial charge in [-0.05, 0) is 42.5 Å². The summed E-state index contributed by atoms with van der Waals surface area (Å²) < 4.78 is 76.7. The van der Waals surface area contributed by atoms with Crippen LogP contribution in [0.1, 0.15) is 0 Å². The second kappa shape index (κ2) is 8.85. The van der Waals surface area contributed by atoms with Crippen molar-refractivity contribution in [3.63, 3.8) is 0 Å². The zero-order valence-electron chi connectivity index (χ0n) is 15.3. The predicted octanol–water partition coefficient (Wildman–Crippen LogP) is 2.02. The molecule has 2 N–H and O–H groups in total. The molecule has 2 aromatic carbocycles. The molecule has 0 saturated carbocycles. The summed E-state index contributed by atoms with van der Waals surface area (Å²) in [6, 6.07) is 12.1. The maximum atomic E-state index is 12.9. The number of carbonyl (C=O) groups is 1. The van der Waals surface area contributed by atoms with Gasteiger partial charge in [-0.25, -0.2) is 21.0 Å². The van der Waals surface area contributed by atoms with Crippen molar-refractivity contribution < 1.29 is 30.4 Å². The Labute approximate surface area is 185 Å². The zero-order chi connectivity index (χ0) is 22.8. The zero-order valence-corrected chi connectivity index (χ0v) is 18.5. The van der Waals surface area contributed by atoms with Gasteiger partial charge in [0.1, 0.15) is 10.6 Å². The van der Waals surface area contributed by atoms with Gasteiger partial charge in [0.2, 0.25) is 9.84 Å². The second-order valence-electron chi connectivity index (χ2n) is 6.01. The Morgan fingerprint density at radius 1 is 0.903 bits per heavy atom. The van der Waals surface area contributed by atoms with Crippen LogP contribution in [0.2, 0.25) is 5.02 Å². The van der Waals surface area contributed by atoms with Crippen molar-refractivity contribution in [3.8, 4) is 0 Å². The number of nitrogens with zero attached hydrogens (tertiary/aromatic N) is 1. The van der Waals surface area contributed by atoms with Crippen molar-refractivity contribution in [1.82, 2.24) is 4.72 Å². The van der Waals surface area contributed by atoms with Crippen LogP contribution in [0.4, 0.5) is 0 Å². The molecule has 31 heavy (non-hydrogen) atoms. The lowest BCUT2D eigenvalue weighted by atomic mass is 10.1. The molecular weight excluding hydrogens is 488 g/mol. The van der Waals surface area contributed by atoms with Crippen LogP contribution in [0, 0.1) is 0 Å². The fraction of sp³-hybridized carbons (Fsp3) is 0. The van der Waals surface area contributed by atoms with Gasteiger partial charge >= 0.3 is 0 Å². The van der Waals surface area contributed by atoms with Gasteiger partial charge in [0.05, 0.1) is 15.5 Å². The minimum atomic E-state index is -4.35. The first-order valence-corrected chi connectivity index (χ1v) is 12.7. The number of sulfonamides is 1. The molecule has 13 heteroatoms. The summed E-state index contributed by atoms with van der Waals surface area (Å²) >= 11 is 2.94. The molecule has 1 aliphatic rings. The van der Waals surface area contributed by atoms with E-state index < -0.39 is 53.2 Å². The molecule has 0 fully saturated rings. The van der Waals surface area contributed by atoms with Gasteiger partial charge in [0.25, 0.3) is 21.3 Å². The van der Waals surface area contributed by atoms with Gasteiger partial charge in [-0.3, -0.25) is 14.1 Å². The summed E-state index contributed by atoms with van der Waals surface area (Å²) in [7, 11) is -8.53. The average Bonchev–Trinajstić information content (AvgIpc) is 2.70. The lowest BCUT2D eigenvalue weighted by Crippen LogP contribution is -2.31. The predicted molar refractivity (Wildman–Crippen MR) is 115 cm³/mol. The van der Waals surface area contributed by atoms with Crippen LogP contribution in [0.3, 0.4) is 0 Å². The normalized spacial score (nSPS) is 17.1. The molecule has 1 unspecified atom stereocenters. The molecule has 0 saturated heterocycles. The molecule has 1 aliphatic carbocycles. The van der Waals surface area contributed by atoms with Crippen molar-refractivity contribution in [2.24, 2.45) is 4.40 Å². The Morgan fingerprint density at radius 3 is 2.10 bits per heavy atom. The van der Waals surface area contributed by atoms with Gasteiger partial charge in [0, 0.05) is 11.1 Å². The molecule has 0 amide bonds. The first-order chi connectivity index (χ1) is 14.5. The molecule has 0 aliphatic heterocycles. The number of allylic oxidation sites excluding steroid dienone is 3. The number of hydrogen-bond acceptors (Lipinski definition) is 6. The fourth-order valence-electron chi connectivity index (χ4n) is 2.54. The number of rotatable bonds is 6. The Bertz CT molecular complexity index is 1360. The molecule has 0 spiro atoms. The Morgan fingerprint density at radius 2 is 1.52 bits per heavy atom. The van der Waals surface area contributed by atoms with Crippen molar-refractivity contribution in [3.05, 3.63) is 82.4 Å². The summed E-state index contributed by atoms with van der Waals surface area (Å²) in [5, 5.41) is 0.276. The van der Waals surface area contributed by atoms with Crippen molar-refractivity contribution in [1.29, 1.82) is 0 Å². The maximum absolute atomic E-state index is 12.9. The third-order valence-electron chi connectivity index (χ3n) is 3.95. The highest BCUT2D eigenvalue weighted by atomic mass is 35.5. The van der Waals surface area contributed by atoms with Crippen molar-refractivity contribution >= 4 is 54.2 Å². The Balaban J connectivity index is 2.05. The van der Waals surface area contributed by atoms with E-state index in [2.05, 4.69) is 9.12 Å². The van der Waals surface area contributed by atoms with E-state index in [0.29, 0.717) is 6.08 Å². The minimum absolute atomic E-state index is 0.142. The quantitative estimate of drug-likeness (QED) is 0.455. The molecule has 0 aromatic heterocycles. The summed E-state index contributed by atoms with van der Waals surface area (Å²) in [5.41, 5.74) is -0.959. The summed E-state index contributed by atoms with van der Waals surface area (Å²) in [6.45, 7) is 0. The summed E-state index contributed by atoms with van der Waals surface area (Å²) in [5.74, 6) is -1.04. The molecule has 2 aromatic rings. The number of benzene rings is 2. The average molecular weight is 501 g/mol. The molecule has 3 rings (SSSR count). The first kappa shape index (κ1) is 23.0.